The van der Waals surface area contributed by atoms with Crippen LogP contribution >= 0.6 is 0 Å². The first-order chi connectivity index (χ1) is 12.9. The molecule has 1 aliphatic heterocycles. The van der Waals surface area contributed by atoms with Gasteiger partial charge in [0.1, 0.15) is 12.6 Å². The van der Waals surface area contributed by atoms with E-state index in [2.05, 4.69) is 16.0 Å². The molecule has 1 unspecified atom stereocenters. The molecule has 0 bridgehead atoms. The Labute approximate surface area is 153 Å². The Morgan fingerprint density at radius 2 is 2.04 bits per heavy atom. The van der Waals surface area contributed by atoms with Crippen molar-refractivity contribution in [1.82, 2.24) is 14.9 Å². The first kappa shape index (κ1) is 18.1. The highest BCUT2D eigenvalue weighted by Gasteiger charge is 2.34. The van der Waals surface area contributed by atoms with Gasteiger partial charge in [-0.05, 0) is 19.1 Å². The van der Waals surface area contributed by atoms with E-state index >= 15 is 0 Å². The topological polar surface area (TPSA) is 130 Å². The average Bonchev–Trinajstić information content (AvgIpc) is 2.65. The maximum absolute atomic E-state index is 12.6. The molecule has 0 spiro atoms. The van der Waals surface area contributed by atoms with Crippen molar-refractivity contribution in [1.29, 1.82) is 5.26 Å². The molecule has 1 aliphatic rings. The zero-order valence-corrected chi connectivity index (χ0v) is 14.6. The standard InChI is InChI=1S/C18H17N5O4/c1-11-9-23(14-5-3-2-4-12(14)7-19)16(25)10-22(11)15(24)6-13-8-20-18(27)21-17(13)26/h2-5,8,11H,6,9-10H2,1H3,(H2,20,21,26,27). The van der Waals surface area contributed by atoms with Crippen LogP contribution in [0.25, 0.3) is 0 Å². The average molecular weight is 367 g/mol. The van der Waals surface area contributed by atoms with Crippen LogP contribution in [0.4, 0.5) is 5.69 Å². The largest absolute Gasteiger partial charge is 0.329 e. The van der Waals surface area contributed by atoms with Crippen LogP contribution in [0, 0.1) is 11.3 Å². The molecule has 3 rings (SSSR count). The lowest BCUT2D eigenvalue weighted by molar-refractivity contribution is -0.138. The molecule has 9 heteroatoms. The number of nitriles is 1. The minimum Gasteiger partial charge on any atom is -0.329 e. The smallest absolute Gasteiger partial charge is 0.325 e. The van der Waals surface area contributed by atoms with E-state index in [1.807, 2.05) is 0 Å². The van der Waals surface area contributed by atoms with Crippen molar-refractivity contribution in [2.45, 2.75) is 19.4 Å². The summed E-state index contributed by atoms with van der Waals surface area (Å²) in [7, 11) is 0. The van der Waals surface area contributed by atoms with E-state index in [0.29, 0.717) is 11.3 Å². The lowest BCUT2D eigenvalue weighted by Crippen LogP contribution is -2.57. The monoisotopic (exact) mass is 367 g/mol. The summed E-state index contributed by atoms with van der Waals surface area (Å²) in [6, 6.07) is 8.55. The van der Waals surface area contributed by atoms with Crippen LogP contribution in [0.15, 0.2) is 40.1 Å². The minimum atomic E-state index is -0.649. The van der Waals surface area contributed by atoms with Gasteiger partial charge in [0.05, 0.1) is 17.7 Å². The lowest BCUT2D eigenvalue weighted by atomic mass is 10.1. The molecule has 1 aromatic heterocycles. The number of aromatic amines is 2. The van der Waals surface area contributed by atoms with Crippen LogP contribution in [0.1, 0.15) is 18.1 Å². The maximum atomic E-state index is 12.6. The van der Waals surface area contributed by atoms with Gasteiger partial charge in [0.2, 0.25) is 11.8 Å². The Balaban J connectivity index is 1.78. The number of rotatable bonds is 3. The Hall–Kier alpha value is -3.67. The quantitative estimate of drug-likeness (QED) is 0.772. The zero-order chi connectivity index (χ0) is 19.6. The van der Waals surface area contributed by atoms with Crippen molar-refractivity contribution in [3.8, 4) is 6.07 Å². The second-order valence-corrected chi connectivity index (χ2v) is 6.28. The molecule has 1 fully saturated rings. The summed E-state index contributed by atoms with van der Waals surface area (Å²) < 4.78 is 0. The number of para-hydroxylation sites is 1. The molecule has 2 amide bonds. The van der Waals surface area contributed by atoms with E-state index < -0.39 is 11.2 Å². The van der Waals surface area contributed by atoms with Crippen molar-refractivity contribution < 1.29 is 9.59 Å². The molecule has 2 N–H and O–H groups in total. The number of piperazine rings is 1. The van der Waals surface area contributed by atoms with Gasteiger partial charge in [-0.3, -0.25) is 19.4 Å². The molecule has 0 aliphatic carbocycles. The minimum absolute atomic E-state index is 0.122. The third kappa shape index (κ3) is 3.64. The zero-order valence-electron chi connectivity index (χ0n) is 14.6. The van der Waals surface area contributed by atoms with E-state index in [-0.39, 0.29) is 42.9 Å². The molecule has 2 heterocycles. The van der Waals surface area contributed by atoms with Gasteiger partial charge in [-0.1, -0.05) is 12.1 Å². The van der Waals surface area contributed by atoms with Gasteiger partial charge in [0.15, 0.2) is 0 Å². The van der Waals surface area contributed by atoms with Crippen molar-refractivity contribution in [3.63, 3.8) is 0 Å². The first-order valence-corrected chi connectivity index (χ1v) is 8.30. The molecule has 0 radical (unpaired) electrons. The number of nitrogens with one attached hydrogen (secondary N) is 2. The number of amides is 2. The Morgan fingerprint density at radius 3 is 2.74 bits per heavy atom. The van der Waals surface area contributed by atoms with Crippen molar-refractivity contribution in [2.75, 3.05) is 18.0 Å². The van der Waals surface area contributed by atoms with Crippen molar-refractivity contribution >= 4 is 17.5 Å². The molecule has 2 aromatic rings. The Kier molecular flexibility index (Phi) is 4.90. The van der Waals surface area contributed by atoms with Crippen molar-refractivity contribution in [2.24, 2.45) is 0 Å². The van der Waals surface area contributed by atoms with Gasteiger partial charge >= 0.3 is 5.69 Å². The summed E-state index contributed by atoms with van der Waals surface area (Å²) in [5.74, 6) is -0.693. The number of anilines is 1. The SMILES string of the molecule is CC1CN(c2ccccc2C#N)C(=O)CN1C(=O)Cc1c[nH]c(=O)[nH]c1=O. The summed E-state index contributed by atoms with van der Waals surface area (Å²) in [5.41, 5.74) is -0.257. The number of H-pyrrole nitrogens is 2. The van der Waals surface area contributed by atoms with E-state index in [4.69, 9.17) is 0 Å². The number of carbonyl (C=O) groups is 2. The molecule has 9 nitrogen and oxygen atoms in total. The Bertz CT molecular complexity index is 1050. The number of hydrogen-bond acceptors (Lipinski definition) is 5. The molecule has 1 atom stereocenters. The van der Waals surface area contributed by atoms with Gasteiger partial charge in [-0.15, -0.1) is 0 Å². The van der Waals surface area contributed by atoms with Crippen LogP contribution in [0.2, 0.25) is 0 Å². The molecule has 138 valence electrons. The van der Waals surface area contributed by atoms with Gasteiger partial charge < -0.3 is 14.8 Å². The van der Waals surface area contributed by atoms with Crippen LogP contribution in [-0.2, 0) is 16.0 Å². The van der Waals surface area contributed by atoms with Gasteiger partial charge in [-0.2, -0.15) is 5.26 Å². The molecule has 1 aromatic carbocycles. The van der Waals surface area contributed by atoms with E-state index in [1.165, 1.54) is 16.0 Å². The number of aromatic nitrogens is 2. The normalized spacial score (nSPS) is 16.9. The van der Waals surface area contributed by atoms with Crippen LogP contribution in [0.5, 0.6) is 0 Å². The van der Waals surface area contributed by atoms with Crippen LogP contribution in [-0.4, -0.2) is 45.8 Å². The summed E-state index contributed by atoms with van der Waals surface area (Å²) in [5, 5.41) is 9.24. The number of benzene rings is 1. The fraction of sp³-hybridized carbons (Fsp3) is 0.278. The third-order valence-corrected chi connectivity index (χ3v) is 4.46. The highest BCUT2D eigenvalue weighted by Crippen LogP contribution is 2.24. The van der Waals surface area contributed by atoms with Gasteiger partial charge in [0, 0.05) is 24.3 Å². The second-order valence-electron chi connectivity index (χ2n) is 6.28. The van der Waals surface area contributed by atoms with Crippen LogP contribution < -0.4 is 16.1 Å². The Morgan fingerprint density at radius 1 is 1.30 bits per heavy atom. The number of hydrogen-bond donors (Lipinski definition) is 2. The predicted octanol–water partition coefficient (Wildman–Crippen LogP) is -0.259. The van der Waals surface area contributed by atoms with Gasteiger partial charge in [-0.25, -0.2) is 4.79 Å². The van der Waals surface area contributed by atoms with Crippen molar-refractivity contribution in [3.05, 3.63) is 62.4 Å². The summed E-state index contributed by atoms with van der Waals surface area (Å²) in [6.45, 7) is 1.88. The summed E-state index contributed by atoms with van der Waals surface area (Å²) >= 11 is 0. The maximum Gasteiger partial charge on any atom is 0.325 e. The van der Waals surface area contributed by atoms with E-state index in [1.54, 1.807) is 31.2 Å². The molecule has 27 heavy (non-hydrogen) atoms. The summed E-state index contributed by atoms with van der Waals surface area (Å²) in [4.78, 5) is 55.3. The highest BCUT2D eigenvalue weighted by molar-refractivity contribution is 5.99. The number of nitrogens with zero attached hydrogens (tertiary/aromatic N) is 3. The molecule has 1 saturated heterocycles. The fourth-order valence-electron chi connectivity index (χ4n) is 3.06. The second kappa shape index (κ2) is 7.29. The van der Waals surface area contributed by atoms with E-state index in [0.717, 1.165) is 0 Å². The predicted molar refractivity (Wildman–Crippen MR) is 96.1 cm³/mol. The highest BCUT2D eigenvalue weighted by atomic mass is 16.2. The third-order valence-electron chi connectivity index (χ3n) is 4.46. The number of carbonyl (C=O) groups excluding carboxylic acids is 2. The molecular weight excluding hydrogens is 350 g/mol. The van der Waals surface area contributed by atoms with Crippen LogP contribution in [0.3, 0.4) is 0 Å². The van der Waals surface area contributed by atoms with Gasteiger partial charge in [0.25, 0.3) is 5.56 Å². The first-order valence-electron chi connectivity index (χ1n) is 8.30. The van der Waals surface area contributed by atoms with E-state index in [9.17, 15) is 24.4 Å². The molecule has 0 saturated carbocycles. The fourth-order valence-corrected chi connectivity index (χ4v) is 3.06. The molecular formula is C18H17N5O4. The lowest BCUT2D eigenvalue weighted by Gasteiger charge is -2.39. The summed E-state index contributed by atoms with van der Waals surface area (Å²) in [6.07, 6.45) is 0.976.